The molecule has 1 aromatic heterocycles. The molecule has 5 heteroatoms. The third-order valence-electron chi connectivity index (χ3n) is 4.95. The third-order valence-corrected chi connectivity index (χ3v) is 4.95. The van der Waals surface area contributed by atoms with Crippen molar-refractivity contribution in [2.75, 3.05) is 6.61 Å². The number of hydrogen-bond donors (Lipinski definition) is 0. The molecule has 0 aromatic carbocycles. The van der Waals surface area contributed by atoms with Crippen molar-refractivity contribution in [3.63, 3.8) is 0 Å². The van der Waals surface area contributed by atoms with Crippen LogP contribution in [0.2, 0.25) is 0 Å². The Kier molecular flexibility index (Phi) is 9.76. The molecule has 2 atom stereocenters. The van der Waals surface area contributed by atoms with E-state index in [1.54, 1.807) is 0 Å². The molecule has 144 valence electrons. The Hall–Kier alpha value is -1.39. The zero-order valence-corrected chi connectivity index (χ0v) is 16.8. The van der Waals surface area contributed by atoms with Gasteiger partial charge in [-0.3, -0.25) is 0 Å². The van der Waals surface area contributed by atoms with Gasteiger partial charge in [0.2, 0.25) is 0 Å². The lowest BCUT2D eigenvalue weighted by Crippen LogP contribution is -2.26. The largest absolute Gasteiger partial charge is 0.447 e. The fourth-order valence-corrected chi connectivity index (χ4v) is 3.53. The second-order valence-corrected chi connectivity index (χ2v) is 8.22. The molecule has 0 aliphatic heterocycles. The quantitative estimate of drug-likeness (QED) is 0.484. The van der Waals surface area contributed by atoms with E-state index in [1.165, 1.54) is 57.6 Å². The molecule has 0 fully saturated rings. The molecule has 2 unspecified atom stereocenters. The summed E-state index contributed by atoms with van der Waals surface area (Å²) in [5, 5.41) is 3.80. The first kappa shape index (κ1) is 21.7. The van der Waals surface area contributed by atoms with Crippen LogP contribution < -0.4 is 0 Å². The van der Waals surface area contributed by atoms with Crippen LogP contribution in [-0.2, 0) is 4.74 Å². The maximum Gasteiger partial charge on any atom is 0.436 e. The second kappa shape index (κ2) is 11.3. The normalized spacial score (nSPS) is 14.3. The summed E-state index contributed by atoms with van der Waals surface area (Å²) in [6, 6.07) is 0. The van der Waals surface area contributed by atoms with E-state index in [0.29, 0.717) is 12.5 Å². The van der Waals surface area contributed by atoms with Crippen LogP contribution in [0, 0.1) is 17.3 Å². The Balaban J connectivity index is 2.26. The lowest BCUT2D eigenvalue weighted by atomic mass is 9.81. The van der Waals surface area contributed by atoms with Crippen molar-refractivity contribution in [2.45, 2.75) is 86.0 Å². The average molecular weight is 352 g/mol. The lowest BCUT2D eigenvalue weighted by molar-refractivity contribution is 0.0841. The molecule has 0 N–H and O–H groups in total. The molecule has 0 aliphatic carbocycles. The summed E-state index contributed by atoms with van der Waals surface area (Å²) in [4.78, 5) is 15.6. The minimum atomic E-state index is -0.458. The van der Waals surface area contributed by atoms with Crippen LogP contribution in [0.1, 0.15) is 86.0 Å². The van der Waals surface area contributed by atoms with E-state index in [1.807, 2.05) is 0 Å². The summed E-state index contributed by atoms with van der Waals surface area (Å²) in [6.07, 6.45) is 12.5. The Labute approximate surface area is 153 Å². The van der Waals surface area contributed by atoms with Gasteiger partial charge < -0.3 is 4.74 Å². The van der Waals surface area contributed by atoms with Crippen LogP contribution in [-0.4, -0.2) is 27.5 Å². The van der Waals surface area contributed by atoms with E-state index in [4.69, 9.17) is 4.74 Å². The van der Waals surface area contributed by atoms with Gasteiger partial charge in [0.1, 0.15) is 12.7 Å². The molecule has 0 saturated heterocycles. The van der Waals surface area contributed by atoms with E-state index in [2.05, 4.69) is 44.7 Å². The maximum atomic E-state index is 11.8. The number of rotatable bonds is 12. The molecule has 25 heavy (non-hydrogen) atoms. The third kappa shape index (κ3) is 9.03. The van der Waals surface area contributed by atoms with Gasteiger partial charge in [-0.15, -0.1) is 5.10 Å². The first-order valence-electron chi connectivity index (χ1n) is 9.89. The average Bonchev–Trinajstić information content (AvgIpc) is 3.10. The summed E-state index contributed by atoms with van der Waals surface area (Å²) < 4.78 is 6.50. The molecular weight excluding hydrogens is 314 g/mol. The standard InChI is InChI=1S/C20H37N3O2/c1-6-8-11-18(7-2)12-9-10-17(3)13-20(4,5)14-25-19(24)23-16-21-15-22-23/h15-18H,6-14H2,1-5H3. The van der Waals surface area contributed by atoms with Crippen molar-refractivity contribution in [3.05, 3.63) is 12.7 Å². The van der Waals surface area contributed by atoms with Crippen molar-refractivity contribution in [3.8, 4) is 0 Å². The zero-order chi connectivity index (χ0) is 18.7. The lowest BCUT2D eigenvalue weighted by Gasteiger charge is -2.27. The molecular formula is C20H37N3O2. The van der Waals surface area contributed by atoms with Crippen LogP contribution in [0.5, 0.6) is 0 Å². The second-order valence-electron chi connectivity index (χ2n) is 8.22. The highest BCUT2D eigenvalue weighted by Crippen LogP contribution is 2.29. The van der Waals surface area contributed by atoms with Crippen molar-refractivity contribution in [1.82, 2.24) is 14.8 Å². The fraction of sp³-hybridized carbons (Fsp3) is 0.850. The summed E-state index contributed by atoms with van der Waals surface area (Å²) >= 11 is 0. The van der Waals surface area contributed by atoms with Crippen molar-refractivity contribution in [2.24, 2.45) is 17.3 Å². The minimum absolute atomic E-state index is 0.0258. The summed E-state index contributed by atoms with van der Waals surface area (Å²) in [5.41, 5.74) is -0.0258. The monoisotopic (exact) mass is 351 g/mol. The van der Waals surface area contributed by atoms with Gasteiger partial charge >= 0.3 is 6.09 Å². The topological polar surface area (TPSA) is 57.0 Å². The Bertz CT molecular complexity index is 471. The highest BCUT2D eigenvalue weighted by atomic mass is 16.6. The van der Waals surface area contributed by atoms with E-state index in [9.17, 15) is 4.79 Å². The molecule has 0 radical (unpaired) electrons. The van der Waals surface area contributed by atoms with Gasteiger partial charge in [-0.1, -0.05) is 79.6 Å². The number of hydrogen-bond acceptors (Lipinski definition) is 4. The molecule has 0 aliphatic rings. The summed E-state index contributed by atoms with van der Waals surface area (Å²) in [5.74, 6) is 1.53. The van der Waals surface area contributed by atoms with E-state index >= 15 is 0 Å². The van der Waals surface area contributed by atoms with Crippen LogP contribution in [0.15, 0.2) is 12.7 Å². The predicted molar refractivity (Wildman–Crippen MR) is 101 cm³/mol. The van der Waals surface area contributed by atoms with Crippen molar-refractivity contribution < 1.29 is 9.53 Å². The highest BCUT2D eigenvalue weighted by Gasteiger charge is 2.24. The van der Waals surface area contributed by atoms with Crippen LogP contribution in [0.25, 0.3) is 0 Å². The first-order valence-corrected chi connectivity index (χ1v) is 9.89. The number of unbranched alkanes of at least 4 members (excludes halogenated alkanes) is 1. The summed E-state index contributed by atoms with van der Waals surface area (Å²) in [6.45, 7) is 11.6. The number of ether oxygens (including phenoxy) is 1. The van der Waals surface area contributed by atoms with E-state index in [-0.39, 0.29) is 5.41 Å². The molecule has 0 amide bonds. The molecule has 5 nitrogen and oxygen atoms in total. The molecule has 0 spiro atoms. The van der Waals surface area contributed by atoms with Crippen LogP contribution in [0.3, 0.4) is 0 Å². The number of aromatic nitrogens is 3. The number of carbonyl (C=O) groups is 1. The number of nitrogens with zero attached hydrogens (tertiary/aromatic N) is 3. The van der Waals surface area contributed by atoms with Crippen LogP contribution in [0.4, 0.5) is 4.79 Å². The van der Waals surface area contributed by atoms with Gasteiger partial charge in [-0.25, -0.2) is 9.78 Å². The molecule has 0 saturated carbocycles. The van der Waals surface area contributed by atoms with Crippen molar-refractivity contribution in [1.29, 1.82) is 0 Å². The van der Waals surface area contributed by atoms with E-state index in [0.717, 1.165) is 17.0 Å². The fourth-order valence-electron chi connectivity index (χ4n) is 3.53. The molecule has 1 heterocycles. The zero-order valence-electron chi connectivity index (χ0n) is 16.8. The molecule has 1 aromatic rings. The predicted octanol–water partition coefficient (Wildman–Crippen LogP) is 5.70. The maximum absolute atomic E-state index is 11.8. The van der Waals surface area contributed by atoms with Gasteiger partial charge in [0, 0.05) is 0 Å². The first-order chi connectivity index (χ1) is 11.9. The van der Waals surface area contributed by atoms with Gasteiger partial charge in [-0.2, -0.15) is 4.68 Å². The van der Waals surface area contributed by atoms with Crippen molar-refractivity contribution >= 4 is 6.09 Å². The Morgan fingerprint density at radius 1 is 1.20 bits per heavy atom. The van der Waals surface area contributed by atoms with Gasteiger partial charge in [0.05, 0.1) is 6.61 Å². The highest BCUT2D eigenvalue weighted by molar-refractivity contribution is 5.68. The Morgan fingerprint density at radius 3 is 2.52 bits per heavy atom. The van der Waals surface area contributed by atoms with E-state index < -0.39 is 6.09 Å². The SMILES string of the molecule is CCCCC(CC)CCCC(C)CC(C)(C)COC(=O)n1cncn1. The van der Waals surface area contributed by atoms with Gasteiger partial charge in [-0.05, 0) is 23.7 Å². The minimum Gasteiger partial charge on any atom is -0.447 e. The van der Waals surface area contributed by atoms with Gasteiger partial charge in [0.25, 0.3) is 0 Å². The molecule has 1 rings (SSSR count). The number of carbonyl (C=O) groups excluding carboxylic acids is 1. The van der Waals surface area contributed by atoms with Crippen LogP contribution >= 0.6 is 0 Å². The van der Waals surface area contributed by atoms with Gasteiger partial charge in [0.15, 0.2) is 0 Å². The Morgan fingerprint density at radius 2 is 1.92 bits per heavy atom. The molecule has 0 bridgehead atoms. The smallest absolute Gasteiger partial charge is 0.436 e. The summed E-state index contributed by atoms with van der Waals surface area (Å²) in [7, 11) is 0.